The molecule has 0 radical (unpaired) electrons. The summed E-state index contributed by atoms with van der Waals surface area (Å²) >= 11 is 0. The van der Waals surface area contributed by atoms with Crippen LogP contribution in [0.5, 0.6) is 5.75 Å². The molecule has 1 atom stereocenters. The molecule has 0 aliphatic heterocycles. The molecular weight excluding hydrogens is 272 g/mol. The van der Waals surface area contributed by atoms with Gasteiger partial charge in [-0.25, -0.2) is 4.79 Å². The van der Waals surface area contributed by atoms with Crippen molar-refractivity contribution in [2.75, 3.05) is 25.4 Å². The van der Waals surface area contributed by atoms with Gasteiger partial charge in [-0.1, -0.05) is 0 Å². The molecule has 1 amide bonds. The van der Waals surface area contributed by atoms with Crippen LogP contribution in [0.3, 0.4) is 0 Å². The summed E-state index contributed by atoms with van der Waals surface area (Å²) in [7, 11) is 0. The lowest BCUT2D eigenvalue weighted by molar-refractivity contribution is -0.160. The third-order valence-electron chi connectivity index (χ3n) is 2.97. The van der Waals surface area contributed by atoms with Crippen LogP contribution in [-0.4, -0.2) is 42.6 Å². The number of carbonyl (C=O) groups excluding carboxylic acids is 2. The minimum Gasteiger partial charge on any atom is -0.482 e. The Morgan fingerprint density at radius 3 is 2.29 bits per heavy atom. The zero-order valence-electron chi connectivity index (χ0n) is 12.7. The van der Waals surface area contributed by atoms with E-state index in [0.29, 0.717) is 24.5 Å². The van der Waals surface area contributed by atoms with E-state index >= 15 is 0 Å². The van der Waals surface area contributed by atoms with Crippen LogP contribution in [0.2, 0.25) is 0 Å². The molecule has 0 saturated carbocycles. The van der Waals surface area contributed by atoms with Gasteiger partial charge in [0.1, 0.15) is 5.75 Å². The molecule has 0 fully saturated rings. The van der Waals surface area contributed by atoms with Gasteiger partial charge in [-0.15, -0.1) is 0 Å². The van der Waals surface area contributed by atoms with Gasteiger partial charge in [-0.3, -0.25) is 4.79 Å². The molecule has 0 spiro atoms. The minimum atomic E-state index is -0.813. The number of carbonyl (C=O) groups is 2. The number of hydrogen-bond acceptors (Lipinski definition) is 5. The maximum atomic E-state index is 11.9. The molecule has 1 aromatic rings. The summed E-state index contributed by atoms with van der Waals surface area (Å²) in [6.45, 7) is 6.22. The first-order valence-electron chi connectivity index (χ1n) is 6.94. The van der Waals surface area contributed by atoms with Crippen LogP contribution in [0.4, 0.5) is 5.69 Å². The molecule has 0 aliphatic carbocycles. The molecule has 0 saturated heterocycles. The average Bonchev–Trinajstić information content (AvgIpc) is 2.47. The third kappa shape index (κ3) is 5.33. The van der Waals surface area contributed by atoms with Gasteiger partial charge >= 0.3 is 5.97 Å². The van der Waals surface area contributed by atoms with E-state index < -0.39 is 12.1 Å². The second kappa shape index (κ2) is 8.14. The molecule has 1 unspecified atom stereocenters. The van der Waals surface area contributed by atoms with Crippen molar-refractivity contribution in [2.24, 2.45) is 0 Å². The lowest BCUT2D eigenvalue weighted by Crippen LogP contribution is -2.40. The zero-order chi connectivity index (χ0) is 15.8. The predicted octanol–water partition coefficient (Wildman–Crippen LogP) is 1.45. The van der Waals surface area contributed by atoms with Gasteiger partial charge in [0.05, 0.1) is 0 Å². The van der Waals surface area contributed by atoms with Crippen molar-refractivity contribution in [3.05, 3.63) is 24.3 Å². The first-order chi connectivity index (χ1) is 9.97. The minimum absolute atomic E-state index is 0.208. The molecule has 0 heterocycles. The number of likely N-dealkylation sites (N-methyl/N-ethyl adjacent to an activating group) is 1. The summed E-state index contributed by atoms with van der Waals surface area (Å²) in [5, 5.41) is 0. The Morgan fingerprint density at radius 1 is 1.19 bits per heavy atom. The number of rotatable bonds is 7. The van der Waals surface area contributed by atoms with Crippen molar-refractivity contribution < 1.29 is 19.1 Å². The van der Waals surface area contributed by atoms with Gasteiger partial charge in [-0.2, -0.15) is 0 Å². The number of hydrogen-bond donors (Lipinski definition) is 1. The van der Waals surface area contributed by atoms with E-state index in [1.807, 2.05) is 13.8 Å². The Balaban J connectivity index is 2.42. The quantitative estimate of drug-likeness (QED) is 0.608. The molecule has 2 N–H and O–H groups in total. The van der Waals surface area contributed by atoms with E-state index in [2.05, 4.69) is 0 Å². The SMILES string of the molecule is CCN(CC)C(=O)C(C)OC(=O)COc1ccc(N)cc1. The molecule has 21 heavy (non-hydrogen) atoms. The van der Waals surface area contributed by atoms with E-state index in [4.69, 9.17) is 15.2 Å². The molecule has 0 aliphatic rings. The highest BCUT2D eigenvalue weighted by molar-refractivity contribution is 5.83. The van der Waals surface area contributed by atoms with Gasteiger partial charge in [0.15, 0.2) is 12.7 Å². The Hall–Kier alpha value is -2.24. The third-order valence-corrected chi connectivity index (χ3v) is 2.97. The molecule has 116 valence electrons. The summed E-state index contributed by atoms with van der Waals surface area (Å²) < 4.78 is 10.3. The number of anilines is 1. The predicted molar refractivity (Wildman–Crippen MR) is 79.8 cm³/mol. The van der Waals surface area contributed by atoms with E-state index in [9.17, 15) is 9.59 Å². The Kier molecular flexibility index (Phi) is 6.52. The Morgan fingerprint density at radius 2 is 1.76 bits per heavy atom. The maximum absolute atomic E-state index is 11.9. The second-order valence-electron chi connectivity index (χ2n) is 4.50. The molecule has 1 aromatic carbocycles. The molecule has 0 aromatic heterocycles. The lowest BCUT2D eigenvalue weighted by Gasteiger charge is -2.22. The molecule has 1 rings (SSSR count). The van der Waals surface area contributed by atoms with Crippen LogP contribution in [0.1, 0.15) is 20.8 Å². The maximum Gasteiger partial charge on any atom is 0.344 e. The molecule has 0 bridgehead atoms. The van der Waals surface area contributed by atoms with Crippen molar-refractivity contribution in [1.29, 1.82) is 0 Å². The van der Waals surface area contributed by atoms with E-state index in [1.165, 1.54) is 0 Å². The van der Waals surface area contributed by atoms with Crippen LogP contribution in [-0.2, 0) is 14.3 Å². The van der Waals surface area contributed by atoms with Crippen LogP contribution in [0.15, 0.2) is 24.3 Å². The standard InChI is InChI=1S/C15H22N2O4/c1-4-17(5-2)15(19)11(3)21-14(18)10-20-13-8-6-12(16)7-9-13/h6-9,11H,4-5,10,16H2,1-3H3. The highest BCUT2D eigenvalue weighted by atomic mass is 16.6. The summed E-state index contributed by atoms with van der Waals surface area (Å²) in [4.78, 5) is 25.2. The van der Waals surface area contributed by atoms with Crippen LogP contribution in [0.25, 0.3) is 0 Å². The van der Waals surface area contributed by atoms with Gasteiger partial charge in [0.25, 0.3) is 5.91 Å². The fourth-order valence-corrected chi connectivity index (χ4v) is 1.78. The monoisotopic (exact) mass is 294 g/mol. The van der Waals surface area contributed by atoms with Gasteiger partial charge in [0, 0.05) is 18.8 Å². The first kappa shape index (κ1) is 16.8. The summed E-state index contributed by atoms with van der Waals surface area (Å²) in [5.74, 6) is -0.274. The van der Waals surface area contributed by atoms with E-state index in [-0.39, 0.29) is 12.5 Å². The highest BCUT2D eigenvalue weighted by Crippen LogP contribution is 2.13. The van der Waals surface area contributed by atoms with Crippen molar-refractivity contribution in [1.82, 2.24) is 4.90 Å². The number of nitrogen functional groups attached to an aromatic ring is 1. The summed E-state index contributed by atoms with van der Waals surface area (Å²) in [5.41, 5.74) is 6.16. The van der Waals surface area contributed by atoms with Crippen LogP contribution < -0.4 is 10.5 Å². The van der Waals surface area contributed by atoms with Crippen LogP contribution in [0, 0.1) is 0 Å². The number of nitrogens with zero attached hydrogens (tertiary/aromatic N) is 1. The van der Waals surface area contributed by atoms with Crippen LogP contribution >= 0.6 is 0 Å². The Bertz CT molecular complexity index is 469. The first-order valence-corrected chi connectivity index (χ1v) is 6.94. The van der Waals surface area contributed by atoms with E-state index in [0.717, 1.165) is 0 Å². The topological polar surface area (TPSA) is 81.9 Å². The fraction of sp³-hybridized carbons (Fsp3) is 0.467. The molecular formula is C15H22N2O4. The van der Waals surface area contributed by atoms with Crippen molar-refractivity contribution in [3.63, 3.8) is 0 Å². The smallest absolute Gasteiger partial charge is 0.344 e. The normalized spacial score (nSPS) is 11.6. The van der Waals surface area contributed by atoms with Crippen molar-refractivity contribution >= 4 is 17.6 Å². The lowest BCUT2D eigenvalue weighted by atomic mass is 10.3. The van der Waals surface area contributed by atoms with E-state index in [1.54, 1.807) is 36.1 Å². The van der Waals surface area contributed by atoms with Crippen molar-refractivity contribution in [2.45, 2.75) is 26.9 Å². The number of ether oxygens (including phenoxy) is 2. The van der Waals surface area contributed by atoms with Gasteiger partial charge < -0.3 is 20.1 Å². The number of esters is 1. The number of nitrogens with two attached hydrogens (primary N) is 1. The molecule has 6 heteroatoms. The van der Waals surface area contributed by atoms with Crippen molar-refractivity contribution in [3.8, 4) is 5.75 Å². The zero-order valence-corrected chi connectivity index (χ0v) is 12.7. The fourth-order valence-electron chi connectivity index (χ4n) is 1.78. The second-order valence-corrected chi connectivity index (χ2v) is 4.50. The summed E-state index contributed by atoms with van der Waals surface area (Å²) in [6, 6.07) is 6.67. The van der Waals surface area contributed by atoms with Gasteiger partial charge in [-0.05, 0) is 45.0 Å². The molecule has 6 nitrogen and oxygen atoms in total. The Labute approximate surface area is 124 Å². The largest absolute Gasteiger partial charge is 0.482 e. The van der Waals surface area contributed by atoms with Gasteiger partial charge in [0.2, 0.25) is 0 Å². The number of amides is 1. The average molecular weight is 294 g/mol. The number of benzene rings is 1. The highest BCUT2D eigenvalue weighted by Gasteiger charge is 2.22. The summed E-state index contributed by atoms with van der Waals surface area (Å²) in [6.07, 6.45) is -0.813.